The van der Waals surface area contributed by atoms with Crippen LogP contribution in [0.4, 0.5) is 17.3 Å². The second-order valence-electron chi connectivity index (χ2n) is 8.76. The smallest absolute Gasteiger partial charge is 0.182 e. The van der Waals surface area contributed by atoms with Crippen molar-refractivity contribution in [2.24, 2.45) is 0 Å². The van der Waals surface area contributed by atoms with Gasteiger partial charge in [0.25, 0.3) is 0 Å². The molecule has 2 aromatic heterocycles. The lowest BCUT2D eigenvalue weighted by molar-refractivity contribution is 0.467. The maximum atomic E-state index is 6.23. The number of anilines is 3. The molecule has 0 amide bonds. The minimum absolute atomic E-state index is 0.0963. The molecule has 4 heteroatoms. The number of ether oxygens (including phenoxy) is 1. The van der Waals surface area contributed by atoms with Crippen molar-refractivity contribution < 1.29 is 4.74 Å². The molecule has 0 N–H and O–H groups in total. The van der Waals surface area contributed by atoms with E-state index in [1.54, 1.807) is 0 Å². The van der Waals surface area contributed by atoms with E-state index in [2.05, 4.69) is 63.6 Å². The van der Waals surface area contributed by atoms with E-state index < -0.39 is 0 Å². The topological polar surface area (TPSA) is 38.3 Å². The number of benzene rings is 1. The number of hydrogen-bond acceptors (Lipinski definition) is 4. The van der Waals surface area contributed by atoms with Crippen LogP contribution < -0.4 is 9.64 Å². The largest absolute Gasteiger partial charge is 0.449 e. The van der Waals surface area contributed by atoms with Crippen LogP contribution in [0.3, 0.4) is 0 Å². The van der Waals surface area contributed by atoms with Crippen molar-refractivity contribution in [1.29, 1.82) is 0 Å². The summed E-state index contributed by atoms with van der Waals surface area (Å²) in [5.74, 6) is 3.13. The van der Waals surface area contributed by atoms with Crippen molar-refractivity contribution in [2.45, 2.75) is 53.9 Å². The third kappa shape index (κ3) is 2.93. The predicted molar refractivity (Wildman–Crippen MR) is 114 cm³/mol. The Labute approximate surface area is 167 Å². The van der Waals surface area contributed by atoms with E-state index in [9.17, 15) is 0 Å². The van der Waals surface area contributed by atoms with Crippen LogP contribution in [-0.2, 0) is 5.41 Å². The van der Waals surface area contributed by atoms with E-state index in [1.165, 1.54) is 16.7 Å². The minimum Gasteiger partial charge on any atom is -0.449 e. The second kappa shape index (κ2) is 6.33. The average Bonchev–Trinajstić information content (AvgIpc) is 2.60. The standard InChI is InChI=1S/C24H27N3O/c1-14-10-19-22(26-13-14)27(23-21(28-19)15(2)8-9-25-23)20-16(3)11-18(12-17(20)4)24(5,6)7/h8-13H,1-7H3. The number of hydrogen-bond donors (Lipinski definition) is 0. The van der Waals surface area contributed by atoms with Crippen LogP contribution in [0.1, 0.15) is 48.6 Å². The first-order chi connectivity index (χ1) is 13.2. The van der Waals surface area contributed by atoms with Gasteiger partial charge >= 0.3 is 0 Å². The average molecular weight is 374 g/mol. The van der Waals surface area contributed by atoms with Gasteiger partial charge in [-0.25, -0.2) is 9.97 Å². The zero-order chi connectivity index (χ0) is 20.2. The van der Waals surface area contributed by atoms with Crippen molar-refractivity contribution in [3.05, 3.63) is 64.5 Å². The molecular weight excluding hydrogens is 346 g/mol. The number of aryl methyl sites for hydroxylation is 4. The van der Waals surface area contributed by atoms with Crippen molar-refractivity contribution in [1.82, 2.24) is 9.97 Å². The zero-order valence-electron chi connectivity index (χ0n) is 17.7. The van der Waals surface area contributed by atoms with Crippen molar-refractivity contribution >= 4 is 17.3 Å². The Kier molecular flexibility index (Phi) is 4.18. The van der Waals surface area contributed by atoms with Gasteiger partial charge in [0.2, 0.25) is 0 Å². The quantitative estimate of drug-likeness (QED) is 0.377. The Morgan fingerprint density at radius 1 is 0.857 bits per heavy atom. The Balaban J connectivity index is 2.00. The Morgan fingerprint density at radius 3 is 2.18 bits per heavy atom. The molecule has 3 aromatic rings. The normalized spacial score (nSPS) is 13.0. The maximum Gasteiger partial charge on any atom is 0.182 e. The van der Waals surface area contributed by atoms with E-state index >= 15 is 0 Å². The lowest BCUT2D eigenvalue weighted by atomic mass is 9.84. The second-order valence-corrected chi connectivity index (χ2v) is 8.76. The summed E-state index contributed by atoms with van der Waals surface area (Å²) in [6, 6.07) is 8.58. The Hall–Kier alpha value is -2.88. The van der Waals surface area contributed by atoms with Crippen LogP contribution in [-0.4, -0.2) is 9.97 Å². The summed E-state index contributed by atoms with van der Waals surface area (Å²) < 4.78 is 6.23. The SMILES string of the molecule is Cc1cnc2c(c1)Oc1c(C)ccnc1N2c1c(C)cc(C(C)(C)C)cc1C. The van der Waals surface area contributed by atoms with E-state index in [0.29, 0.717) is 0 Å². The molecule has 28 heavy (non-hydrogen) atoms. The maximum absolute atomic E-state index is 6.23. The molecule has 0 saturated carbocycles. The fourth-order valence-corrected chi connectivity index (χ4v) is 3.76. The highest BCUT2D eigenvalue weighted by atomic mass is 16.5. The van der Waals surface area contributed by atoms with E-state index in [4.69, 9.17) is 9.72 Å². The molecule has 1 aliphatic rings. The van der Waals surface area contributed by atoms with Gasteiger partial charge in [-0.2, -0.15) is 0 Å². The van der Waals surface area contributed by atoms with Crippen LogP contribution >= 0.6 is 0 Å². The van der Waals surface area contributed by atoms with Gasteiger partial charge in [-0.1, -0.05) is 32.9 Å². The summed E-state index contributed by atoms with van der Waals surface area (Å²) in [6.07, 6.45) is 3.71. The van der Waals surface area contributed by atoms with Crippen LogP contribution in [0.15, 0.2) is 36.7 Å². The van der Waals surface area contributed by atoms with Crippen molar-refractivity contribution in [2.75, 3.05) is 4.90 Å². The molecular formula is C24H27N3O. The highest BCUT2D eigenvalue weighted by molar-refractivity contribution is 5.85. The fraction of sp³-hybridized carbons (Fsp3) is 0.333. The van der Waals surface area contributed by atoms with Gasteiger partial charge in [-0.15, -0.1) is 0 Å². The van der Waals surface area contributed by atoms with Gasteiger partial charge < -0.3 is 4.74 Å². The van der Waals surface area contributed by atoms with Gasteiger partial charge in [0.05, 0.1) is 5.69 Å². The van der Waals surface area contributed by atoms with Crippen LogP contribution in [0.25, 0.3) is 0 Å². The summed E-state index contributed by atoms with van der Waals surface area (Å²) in [7, 11) is 0. The van der Waals surface area contributed by atoms with Crippen molar-refractivity contribution in [3.8, 4) is 11.5 Å². The molecule has 1 aliphatic heterocycles. The molecule has 0 spiro atoms. The molecule has 0 fully saturated rings. The third-order valence-electron chi connectivity index (χ3n) is 5.27. The third-order valence-corrected chi connectivity index (χ3v) is 5.27. The molecule has 1 aromatic carbocycles. The molecule has 0 aliphatic carbocycles. The highest BCUT2D eigenvalue weighted by Crippen LogP contribution is 2.51. The molecule has 0 bridgehead atoms. The number of aromatic nitrogens is 2. The lowest BCUT2D eigenvalue weighted by Crippen LogP contribution is -2.21. The molecule has 3 heterocycles. The van der Waals surface area contributed by atoms with Gasteiger partial charge in [0.15, 0.2) is 23.1 Å². The highest BCUT2D eigenvalue weighted by Gasteiger charge is 2.32. The molecule has 4 nitrogen and oxygen atoms in total. The molecule has 0 unspecified atom stereocenters. The first-order valence-corrected chi connectivity index (χ1v) is 9.69. The zero-order valence-corrected chi connectivity index (χ0v) is 17.7. The molecule has 0 radical (unpaired) electrons. The molecule has 144 valence electrons. The van der Waals surface area contributed by atoms with Crippen molar-refractivity contribution in [3.63, 3.8) is 0 Å². The molecule has 0 atom stereocenters. The molecule has 0 saturated heterocycles. The van der Waals surface area contributed by atoms with Crippen LogP contribution in [0.5, 0.6) is 11.5 Å². The first kappa shape index (κ1) is 18.5. The van der Waals surface area contributed by atoms with Crippen LogP contribution in [0.2, 0.25) is 0 Å². The van der Waals surface area contributed by atoms with Crippen LogP contribution in [0, 0.1) is 27.7 Å². The summed E-state index contributed by atoms with van der Waals surface area (Å²) in [5.41, 5.74) is 7.08. The first-order valence-electron chi connectivity index (χ1n) is 9.69. The number of pyridine rings is 2. The summed E-state index contributed by atoms with van der Waals surface area (Å²) in [6.45, 7) is 15.1. The van der Waals surface area contributed by atoms with E-state index in [-0.39, 0.29) is 5.41 Å². The number of rotatable bonds is 1. The summed E-state index contributed by atoms with van der Waals surface area (Å²) in [4.78, 5) is 11.5. The fourth-order valence-electron chi connectivity index (χ4n) is 3.76. The van der Waals surface area contributed by atoms with Gasteiger partial charge in [0, 0.05) is 12.4 Å². The summed E-state index contributed by atoms with van der Waals surface area (Å²) >= 11 is 0. The number of fused-ring (bicyclic) bond motifs is 2. The predicted octanol–water partition coefficient (Wildman–Crippen LogP) is 6.58. The molecule has 4 rings (SSSR count). The van der Waals surface area contributed by atoms with E-state index in [0.717, 1.165) is 39.9 Å². The minimum atomic E-state index is 0.0963. The lowest BCUT2D eigenvalue weighted by Gasteiger charge is -2.34. The Bertz CT molecular complexity index is 1060. The van der Waals surface area contributed by atoms with Gasteiger partial charge in [0.1, 0.15) is 0 Å². The van der Waals surface area contributed by atoms with Gasteiger partial charge in [-0.05, 0) is 73.1 Å². The van der Waals surface area contributed by atoms with E-state index in [1.807, 2.05) is 31.5 Å². The Morgan fingerprint density at radius 2 is 1.54 bits per heavy atom. The number of nitrogens with zero attached hydrogens (tertiary/aromatic N) is 3. The monoisotopic (exact) mass is 373 g/mol. The summed E-state index contributed by atoms with van der Waals surface area (Å²) in [5, 5.41) is 0. The van der Waals surface area contributed by atoms with Gasteiger partial charge in [-0.3, -0.25) is 4.90 Å².